The average molecular weight is 180 g/mol. The molecule has 0 saturated heterocycles. The molecule has 0 bridgehead atoms. The molecular weight excluding hydrogens is 164 g/mol. The van der Waals surface area contributed by atoms with Crippen LogP contribution in [0.5, 0.6) is 0 Å². The van der Waals surface area contributed by atoms with E-state index in [1.54, 1.807) is 0 Å². The Balaban J connectivity index is 1.83. The van der Waals surface area contributed by atoms with Gasteiger partial charge in [0.15, 0.2) is 6.39 Å². The molecular formula is C10H16N2O. The van der Waals surface area contributed by atoms with Gasteiger partial charge < -0.3 is 10.2 Å². The Morgan fingerprint density at radius 1 is 1.38 bits per heavy atom. The topological polar surface area (TPSA) is 52.0 Å². The van der Waals surface area contributed by atoms with Crippen LogP contribution in [0.15, 0.2) is 17.0 Å². The van der Waals surface area contributed by atoms with Crippen molar-refractivity contribution < 1.29 is 4.42 Å². The molecule has 1 aromatic heterocycles. The van der Waals surface area contributed by atoms with Crippen LogP contribution < -0.4 is 5.73 Å². The predicted molar refractivity (Wildman–Crippen MR) is 50.1 cm³/mol. The number of nitrogens with zero attached hydrogens (tertiary/aromatic N) is 1. The van der Waals surface area contributed by atoms with Gasteiger partial charge in [-0.05, 0) is 31.6 Å². The van der Waals surface area contributed by atoms with E-state index < -0.39 is 0 Å². The Hall–Kier alpha value is -0.830. The Morgan fingerprint density at radius 2 is 2.15 bits per heavy atom. The second-order valence-electron chi connectivity index (χ2n) is 3.95. The molecule has 2 N–H and O–H groups in total. The van der Waals surface area contributed by atoms with Gasteiger partial charge in [0.25, 0.3) is 0 Å². The third kappa shape index (κ3) is 2.31. The van der Waals surface area contributed by atoms with Gasteiger partial charge in [-0.2, -0.15) is 0 Å². The second-order valence-corrected chi connectivity index (χ2v) is 3.95. The highest BCUT2D eigenvalue weighted by molar-refractivity contribution is 4.91. The second kappa shape index (κ2) is 3.92. The molecule has 0 atom stereocenters. The fraction of sp³-hybridized carbons (Fsp3) is 0.700. The van der Waals surface area contributed by atoms with Crippen LogP contribution in [0.4, 0.5) is 0 Å². The SMILES string of the molecule is NC1CCC(Cc2cnco2)CC1. The van der Waals surface area contributed by atoms with Gasteiger partial charge in [-0.15, -0.1) is 0 Å². The van der Waals surface area contributed by atoms with Crippen molar-refractivity contribution >= 4 is 0 Å². The molecule has 1 aliphatic rings. The third-order valence-corrected chi connectivity index (χ3v) is 2.86. The minimum absolute atomic E-state index is 0.436. The van der Waals surface area contributed by atoms with Gasteiger partial charge in [0.1, 0.15) is 5.76 Å². The van der Waals surface area contributed by atoms with E-state index in [1.165, 1.54) is 32.1 Å². The van der Waals surface area contributed by atoms with Crippen LogP contribution in [0, 0.1) is 5.92 Å². The zero-order chi connectivity index (χ0) is 9.10. The lowest BCUT2D eigenvalue weighted by atomic mass is 9.84. The number of aromatic nitrogens is 1. The van der Waals surface area contributed by atoms with E-state index >= 15 is 0 Å². The molecule has 1 saturated carbocycles. The summed E-state index contributed by atoms with van der Waals surface area (Å²) in [6, 6.07) is 0.436. The van der Waals surface area contributed by atoms with Crippen LogP contribution in [0.25, 0.3) is 0 Å². The summed E-state index contributed by atoms with van der Waals surface area (Å²) in [6.07, 6.45) is 9.16. The number of hydrogen-bond donors (Lipinski definition) is 1. The van der Waals surface area contributed by atoms with Gasteiger partial charge in [0.2, 0.25) is 0 Å². The minimum Gasteiger partial charge on any atom is -0.449 e. The highest BCUT2D eigenvalue weighted by atomic mass is 16.3. The largest absolute Gasteiger partial charge is 0.449 e. The Labute approximate surface area is 78.3 Å². The maximum Gasteiger partial charge on any atom is 0.180 e. The van der Waals surface area contributed by atoms with Crippen molar-refractivity contribution in [1.82, 2.24) is 4.98 Å². The lowest BCUT2D eigenvalue weighted by Crippen LogP contribution is -2.27. The van der Waals surface area contributed by atoms with Crippen molar-refractivity contribution in [2.24, 2.45) is 11.7 Å². The summed E-state index contributed by atoms with van der Waals surface area (Å²) < 4.78 is 5.22. The van der Waals surface area contributed by atoms with E-state index in [4.69, 9.17) is 10.2 Å². The molecule has 3 heteroatoms. The molecule has 0 unspecified atom stereocenters. The van der Waals surface area contributed by atoms with Crippen LogP contribution in [-0.2, 0) is 6.42 Å². The standard InChI is InChI=1S/C10H16N2O/c11-9-3-1-8(2-4-9)5-10-6-12-7-13-10/h6-9H,1-5,11H2. The molecule has 2 rings (SSSR count). The quantitative estimate of drug-likeness (QED) is 0.754. The first-order chi connectivity index (χ1) is 6.34. The average Bonchev–Trinajstić information content (AvgIpc) is 2.62. The van der Waals surface area contributed by atoms with Gasteiger partial charge in [-0.3, -0.25) is 0 Å². The molecule has 1 aromatic rings. The van der Waals surface area contributed by atoms with E-state index in [0.29, 0.717) is 6.04 Å². The van der Waals surface area contributed by atoms with E-state index in [1.807, 2.05) is 6.20 Å². The fourth-order valence-electron chi connectivity index (χ4n) is 2.02. The maximum absolute atomic E-state index is 5.83. The molecule has 3 nitrogen and oxygen atoms in total. The lowest BCUT2D eigenvalue weighted by molar-refractivity contribution is 0.308. The smallest absolute Gasteiger partial charge is 0.180 e. The first-order valence-corrected chi connectivity index (χ1v) is 4.97. The Bertz CT molecular complexity index is 237. The molecule has 1 aliphatic carbocycles. The van der Waals surface area contributed by atoms with Gasteiger partial charge in [-0.25, -0.2) is 4.98 Å². The molecule has 72 valence electrons. The predicted octanol–water partition coefficient (Wildman–Crippen LogP) is 1.73. The molecule has 0 radical (unpaired) electrons. The molecule has 0 spiro atoms. The van der Waals surface area contributed by atoms with E-state index in [9.17, 15) is 0 Å². The van der Waals surface area contributed by atoms with E-state index in [2.05, 4.69) is 4.98 Å². The number of rotatable bonds is 2. The molecule has 0 aromatic carbocycles. The summed E-state index contributed by atoms with van der Waals surface area (Å²) in [5.74, 6) is 1.77. The van der Waals surface area contributed by atoms with E-state index in [-0.39, 0.29) is 0 Å². The van der Waals surface area contributed by atoms with Gasteiger partial charge >= 0.3 is 0 Å². The summed E-state index contributed by atoms with van der Waals surface area (Å²) >= 11 is 0. The maximum atomic E-state index is 5.83. The molecule has 0 aliphatic heterocycles. The van der Waals surface area contributed by atoms with Crippen LogP contribution in [0.3, 0.4) is 0 Å². The Morgan fingerprint density at radius 3 is 2.77 bits per heavy atom. The summed E-state index contributed by atoms with van der Waals surface area (Å²) in [4.78, 5) is 3.91. The first kappa shape index (κ1) is 8.75. The van der Waals surface area contributed by atoms with Gasteiger partial charge in [-0.1, -0.05) is 0 Å². The van der Waals surface area contributed by atoms with Crippen molar-refractivity contribution in [3.63, 3.8) is 0 Å². The Kier molecular flexibility index (Phi) is 2.64. The highest BCUT2D eigenvalue weighted by Gasteiger charge is 2.19. The summed E-state index contributed by atoms with van der Waals surface area (Å²) in [7, 11) is 0. The number of nitrogens with two attached hydrogens (primary N) is 1. The normalized spacial score (nSPS) is 29.0. The third-order valence-electron chi connectivity index (χ3n) is 2.86. The monoisotopic (exact) mass is 180 g/mol. The van der Waals surface area contributed by atoms with Crippen molar-refractivity contribution in [2.75, 3.05) is 0 Å². The summed E-state index contributed by atoms with van der Waals surface area (Å²) in [6.45, 7) is 0. The van der Waals surface area contributed by atoms with Crippen LogP contribution in [-0.4, -0.2) is 11.0 Å². The van der Waals surface area contributed by atoms with Crippen molar-refractivity contribution in [3.05, 3.63) is 18.4 Å². The van der Waals surface area contributed by atoms with Crippen LogP contribution >= 0.6 is 0 Å². The van der Waals surface area contributed by atoms with Crippen molar-refractivity contribution in [1.29, 1.82) is 0 Å². The van der Waals surface area contributed by atoms with Gasteiger partial charge in [0.05, 0.1) is 6.20 Å². The summed E-state index contributed by atoms with van der Waals surface area (Å²) in [5.41, 5.74) is 5.83. The van der Waals surface area contributed by atoms with Crippen LogP contribution in [0.2, 0.25) is 0 Å². The van der Waals surface area contributed by atoms with Crippen molar-refractivity contribution in [3.8, 4) is 0 Å². The van der Waals surface area contributed by atoms with Gasteiger partial charge in [0, 0.05) is 12.5 Å². The van der Waals surface area contributed by atoms with Crippen LogP contribution in [0.1, 0.15) is 31.4 Å². The molecule has 0 amide bonds. The number of hydrogen-bond acceptors (Lipinski definition) is 3. The lowest BCUT2D eigenvalue weighted by Gasteiger charge is -2.25. The number of oxazole rings is 1. The zero-order valence-corrected chi connectivity index (χ0v) is 7.78. The highest BCUT2D eigenvalue weighted by Crippen LogP contribution is 2.26. The van der Waals surface area contributed by atoms with E-state index in [0.717, 1.165) is 18.1 Å². The minimum atomic E-state index is 0.436. The van der Waals surface area contributed by atoms with Crippen molar-refractivity contribution in [2.45, 2.75) is 38.1 Å². The molecule has 1 fully saturated rings. The zero-order valence-electron chi connectivity index (χ0n) is 7.78. The summed E-state index contributed by atoms with van der Waals surface area (Å²) in [5, 5.41) is 0. The first-order valence-electron chi connectivity index (χ1n) is 4.97. The fourth-order valence-corrected chi connectivity index (χ4v) is 2.02. The molecule has 13 heavy (non-hydrogen) atoms. The molecule has 1 heterocycles.